The quantitative estimate of drug-likeness (QED) is 0.774. The molecule has 0 saturated heterocycles. The molecule has 0 aliphatic heterocycles. The number of fused-ring (bicyclic) bond motifs is 3. The number of rotatable bonds is 3. The zero-order valence-electron chi connectivity index (χ0n) is 13.1. The van der Waals surface area contributed by atoms with Gasteiger partial charge in [-0.3, -0.25) is 0 Å². The lowest BCUT2D eigenvalue weighted by molar-refractivity contribution is 0.0697. The van der Waals surface area contributed by atoms with Crippen LogP contribution in [-0.4, -0.2) is 15.6 Å². The van der Waals surface area contributed by atoms with Crippen molar-refractivity contribution in [3.05, 3.63) is 47.5 Å². The Morgan fingerprint density at radius 2 is 1.73 bits per heavy atom. The maximum Gasteiger partial charge on any atom is 0.335 e. The van der Waals surface area contributed by atoms with Crippen LogP contribution in [0.4, 0.5) is 0 Å². The molecule has 0 unspecified atom stereocenters. The van der Waals surface area contributed by atoms with Crippen LogP contribution in [0.15, 0.2) is 36.4 Å². The van der Waals surface area contributed by atoms with Crippen LogP contribution in [-0.2, 0) is 12.1 Å². The van der Waals surface area contributed by atoms with Gasteiger partial charge in [0.05, 0.1) is 5.56 Å². The first kappa shape index (κ1) is 14.6. The van der Waals surface area contributed by atoms with E-state index in [0.717, 1.165) is 33.9 Å². The van der Waals surface area contributed by atoms with E-state index in [2.05, 4.69) is 23.6 Å². The summed E-state index contributed by atoms with van der Waals surface area (Å²) in [5.41, 5.74) is 9.28. The van der Waals surface area contributed by atoms with E-state index in [0.29, 0.717) is 5.56 Å². The van der Waals surface area contributed by atoms with Crippen molar-refractivity contribution in [1.82, 2.24) is 4.57 Å². The Kier molecular flexibility index (Phi) is 3.22. The van der Waals surface area contributed by atoms with Gasteiger partial charge in [-0.2, -0.15) is 0 Å². The molecule has 0 spiro atoms. The molecule has 2 aromatic carbocycles. The van der Waals surface area contributed by atoms with E-state index in [9.17, 15) is 9.90 Å². The minimum Gasteiger partial charge on any atom is -0.478 e. The van der Waals surface area contributed by atoms with Crippen LogP contribution in [0.25, 0.3) is 21.8 Å². The fourth-order valence-electron chi connectivity index (χ4n) is 2.98. The summed E-state index contributed by atoms with van der Waals surface area (Å²) in [6, 6.07) is 11.5. The van der Waals surface area contributed by atoms with Gasteiger partial charge < -0.3 is 15.4 Å². The highest BCUT2D eigenvalue weighted by atomic mass is 16.4. The Morgan fingerprint density at radius 1 is 1.14 bits per heavy atom. The van der Waals surface area contributed by atoms with Gasteiger partial charge in [0, 0.05) is 33.9 Å². The number of carbonyl (C=O) groups is 1. The number of nitrogens with zero attached hydrogens (tertiary/aromatic N) is 1. The lowest BCUT2D eigenvalue weighted by Gasteiger charge is -2.19. The molecule has 0 aliphatic carbocycles. The van der Waals surface area contributed by atoms with Gasteiger partial charge in [-0.15, -0.1) is 0 Å². The highest BCUT2D eigenvalue weighted by Gasteiger charge is 2.18. The molecule has 1 heterocycles. The zero-order chi connectivity index (χ0) is 16.1. The van der Waals surface area contributed by atoms with E-state index in [-0.39, 0.29) is 0 Å². The first-order valence-electron chi connectivity index (χ1n) is 7.41. The summed E-state index contributed by atoms with van der Waals surface area (Å²) in [4.78, 5) is 11.3. The molecule has 4 nitrogen and oxygen atoms in total. The number of aromatic carboxylic acids is 1. The minimum atomic E-state index is -0.908. The standard InChI is InChI=1S/C18H20N2O2/c1-4-20-15-7-5-11(17(21)22)9-13(15)14-10-12(18(2,3)19)6-8-16(14)20/h5-10H,4,19H2,1-3H3,(H,21,22). The Bertz CT molecular complexity index is 885. The number of aryl methyl sites for hydroxylation is 1. The average Bonchev–Trinajstić information content (AvgIpc) is 2.78. The topological polar surface area (TPSA) is 68.2 Å². The van der Waals surface area contributed by atoms with Crippen LogP contribution < -0.4 is 5.73 Å². The van der Waals surface area contributed by atoms with Gasteiger partial charge in [0.2, 0.25) is 0 Å². The van der Waals surface area contributed by atoms with E-state index in [1.165, 1.54) is 0 Å². The van der Waals surface area contributed by atoms with Crippen LogP contribution in [0.2, 0.25) is 0 Å². The third-order valence-corrected chi connectivity index (χ3v) is 4.17. The molecule has 4 heteroatoms. The predicted molar refractivity (Wildman–Crippen MR) is 89.3 cm³/mol. The van der Waals surface area contributed by atoms with E-state index in [1.54, 1.807) is 12.1 Å². The van der Waals surface area contributed by atoms with Crippen LogP contribution in [0, 0.1) is 0 Å². The molecule has 3 rings (SSSR count). The molecule has 114 valence electrons. The summed E-state index contributed by atoms with van der Waals surface area (Å²) in [5.74, 6) is -0.908. The fourth-order valence-corrected chi connectivity index (χ4v) is 2.98. The van der Waals surface area contributed by atoms with Crippen molar-refractivity contribution in [2.45, 2.75) is 32.9 Å². The van der Waals surface area contributed by atoms with Crippen LogP contribution in [0.5, 0.6) is 0 Å². The van der Waals surface area contributed by atoms with Crippen LogP contribution in [0.3, 0.4) is 0 Å². The fraction of sp³-hybridized carbons (Fsp3) is 0.278. The summed E-state index contributed by atoms with van der Waals surface area (Å²) >= 11 is 0. The van der Waals surface area contributed by atoms with Crippen molar-refractivity contribution in [1.29, 1.82) is 0 Å². The summed E-state index contributed by atoms with van der Waals surface area (Å²) < 4.78 is 2.20. The Labute approximate surface area is 129 Å². The molecule has 3 N–H and O–H groups in total. The summed E-state index contributed by atoms with van der Waals surface area (Å²) in [6.45, 7) is 6.86. The summed E-state index contributed by atoms with van der Waals surface area (Å²) in [6.07, 6.45) is 0. The highest BCUT2D eigenvalue weighted by Crippen LogP contribution is 2.32. The summed E-state index contributed by atoms with van der Waals surface area (Å²) in [7, 11) is 0. The molecule has 0 atom stereocenters. The first-order chi connectivity index (χ1) is 10.3. The highest BCUT2D eigenvalue weighted by molar-refractivity contribution is 6.10. The molecule has 0 bridgehead atoms. The predicted octanol–water partition coefficient (Wildman–Crippen LogP) is 3.71. The smallest absolute Gasteiger partial charge is 0.335 e. The number of carboxylic acids is 1. The normalized spacial score (nSPS) is 12.2. The van der Waals surface area contributed by atoms with Crippen molar-refractivity contribution in [2.75, 3.05) is 0 Å². The molecule has 3 aromatic rings. The second-order valence-electron chi connectivity index (χ2n) is 6.23. The minimum absolute atomic E-state index is 0.306. The number of nitrogens with two attached hydrogens (primary N) is 1. The number of aromatic nitrogens is 1. The van der Waals surface area contributed by atoms with E-state index in [1.807, 2.05) is 26.0 Å². The molecular weight excluding hydrogens is 276 g/mol. The van der Waals surface area contributed by atoms with E-state index in [4.69, 9.17) is 5.73 Å². The second-order valence-corrected chi connectivity index (χ2v) is 6.23. The Balaban J connectivity index is 2.42. The molecule has 22 heavy (non-hydrogen) atoms. The average molecular weight is 296 g/mol. The van der Waals surface area contributed by atoms with E-state index < -0.39 is 11.5 Å². The largest absolute Gasteiger partial charge is 0.478 e. The third-order valence-electron chi connectivity index (χ3n) is 4.17. The van der Waals surface area contributed by atoms with Crippen molar-refractivity contribution in [3.63, 3.8) is 0 Å². The van der Waals surface area contributed by atoms with E-state index >= 15 is 0 Å². The van der Waals surface area contributed by atoms with Crippen molar-refractivity contribution >= 4 is 27.8 Å². The maximum absolute atomic E-state index is 11.3. The summed E-state index contributed by atoms with van der Waals surface area (Å²) in [5, 5.41) is 11.3. The second kappa shape index (κ2) is 4.85. The lowest BCUT2D eigenvalue weighted by atomic mass is 9.94. The van der Waals surface area contributed by atoms with Crippen LogP contribution >= 0.6 is 0 Å². The number of hydrogen-bond acceptors (Lipinski definition) is 2. The maximum atomic E-state index is 11.3. The zero-order valence-corrected chi connectivity index (χ0v) is 13.1. The molecule has 0 radical (unpaired) electrons. The number of hydrogen-bond donors (Lipinski definition) is 2. The van der Waals surface area contributed by atoms with Crippen molar-refractivity contribution in [3.8, 4) is 0 Å². The molecule has 0 fully saturated rings. The van der Waals surface area contributed by atoms with Gasteiger partial charge in [0.1, 0.15) is 0 Å². The Morgan fingerprint density at radius 3 is 2.27 bits per heavy atom. The number of carboxylic acid groups (broad SMARTS) is 1. The van der Waals surface area contributed by atoms with Gasteiger partial charge in [-0.05, 0) is 56.7 Å². The van der Waals surface area contributed by atoms with Gasteiger partial charge in [0.25, 0.3) is 0 Å². The van der Waals surface area contributed by atoms with Crippen molar-refractivity contribution < 1.29 is 9.90 Å². The van der Waals surface area contributed by atoms with Gasteiger partial charge in [-0.25, -0.2) is 4.79 Å². The van der Waals surface area contributed by atoms with Gasteiger partial charge in [-0.1, -0.05) is 6.07 Å². The molecule has 0 amide bonds. The monoisotopic (exact) mass is 296 g/mol. The number of benzene rings is 2. The SMILES string of the molecule is CCn1c2ccc(C(=O)O)cc2c2cc(C(C)(C)N)ccc21. The van der Waals surface area contributed by atoms with Gasteiger partial charge >= 0.3 is 5.97 Å². The Hall–Kier alpha value is -2.33. The van der Waals surface area contributed by atoms with Crippen LogP contribution in [0.1, 0.15) is 36.7 Å². The molecular formula is C18H20N2O2. The molecule has 0 saturated carbocycles. The molecule has 0 aliphatic rings. The van der Waals surface area contributed by atoms with Gasteiger partial charge in [0.15, 0.2) is 0 Å². The third kappa shape index (κ3) is 2.16. The molecule has 1 aromatic heterocycles. The lowest BCUT2D eigenvalue weighted by Crippen LogP contribution is -2.28. The first-order valence-corrected chi connectivity index (χ1v) is 7.41. The van der Waals surface area contributed by atoms with Crippen molar-refractivity contribution in [2.24, 2.45) is 5.73 Å².